The van der Waals surface area contributed by atoms with Crippen LogP contribution in [-0.2, 0) is 18.5 Å². The minimum atomic E-state index is -0.0442. The summed E-state index contributed by atoms with van der Waals surface area (Å²) in [5.41, 5.74) is 4.24. The summed E-state index contributed by atoms with van der Waals surface area (Å²) in [7, 11) is 0. The number of imidazole rings is 1. The molecule has 0 aliphatic carbocycles. The van der Waals surface area contributed by atoms with E-state index in [2.05, 4.69) is 41.7 Å². The van der Waals surface area contributed by atoms with Crippen molar-refractivity contribution in [2.75, 3.05) is 11.9 Å². The van der Waals surface area contributed by atoms with Crippen LogP contribution in [0.15, 0.2) is 30.7 Å². The van der Waals surface area contributed by atoms with E-state index in [4.69, 9.17) is 0 Å². The van der Waals surface area contributed by atoms with Crippen LogP contribution in [0, 0.1) is 6.92 Å². The number of benzene rings is 1. The number of para-hydroxylation sites is 1. The summed E-state index contributed by atoms with van der Waals surface area (Å²) in [6.45, 7) is 10.6. The Morgan fingerprint density at radius 2 is 2.04 bits per heavy atom. The van der Waals surface area contributed by atoms with Gasteiger partial charge in [-0.25, -0.2) is 9.78 Å². The molecule has 0 saturated heterocycles. The van der Waals surface area contributed by atoms with Crippen LogP contribution in [-0.4, -0.2) is 27.0 Å². The topological polar surface area (TPSA) is 50.2 Å². The van der Waals surface area contributed by atoms with Gasteiger partial charge >= 0.3 is 6.03 Å². The number of hydrogen-bond donors (Lipinski definition) is 1. The molecule has 0 spiro atoms. The number of carbonyl (C=O) groups is 1. The second kappa shape index (κ2) is 5.72. The molecule has 0 saturated carbocycles. The van der Waals surface area contributed by atoms with E-state index >= 15 is 0 Å². The monoisotopic (exact) mass is 312 g/mol. The van der Waals surface area contributed by atoms with Crippen LogP contribution >= 0.6 is 0 Å². The first kappa shape index (κ1) is 15.6. The van der Waals surface area contributed by atoms with Crippen LogP contribution in [0.2, 0.25) is 0 Å². The van der Waals surface area contributed by atoms with Crippen LogP contribution in [0.1, 0.15) is 37.6 Å². The smallest absolute Gasteiger partial charge is 0.322 e. The van der Waals surface area contributed by atoms with Crippen LogP contribution in [0.3, 0.4) is 0 Å². The lowest BCUT2D eigenvalue weighted by atomic mass is 9.84. The van der Waals surface area contributed by atoms with Gasteiger partial charge in [0.2, 0.25) is 0 Å². The van der Waals surface area contributed by atoms with Gasteiger partial charge in [0.05, 0.1) is 18.6 Å². The Labute approximate surface area is 137 Å². The van der Waals surface area contributed by atoms with Crippen molar-refractivity contribution in [3.63, 3.8) is 0 Å². The standard InChI is InChI=1S/C18H24N4O/c1-13-6-5-7-15(18(2,3)4)16(13)20-17(23)21-8-9-22-12-19-10-14(22)11-21/h5-7,10,12H,8-9,11H2,1-4H3,(H,20,23). The normalized spacial score (nSPS) is 14.5. The number of aryl methyl sites for hydroxylation is 1. The molecule has 0 bridgehead atoms. The maximum atomic E-state index is 12.7. The van der Waals surface area contributed by atoms with Gasteiger partial charge in [-0.1, -0.05) is 39.0 Å². The number of nitrogens with zero attached hydrogens (tertiary/aromatic N) is 3. The van der Waals surface area contributed by atoms with Crippen LogP contribution in [0.5, 0.6) is 0 Å². The van der Waals surface area contributed by atoms with Crippen LogP contribution in [0.4, 0.5) is 10.5 Å². The van der Waals surface area contributed by atoms with Crippen molar-refractivity contribution >= 4 is 11.7 Å². The summed E-state index contributed by atoms with van der Waals surface area (Å²) in [4.78, 5) is 18.7. The first-order chi connectivity index (χ1) is 10.9. The lowest BCUT2D eigenvalue weighted by Crippen LogP contribution is -2.40. The third-order valence-electron chi connectivity index (χ3n) is 4.36. The van der Waals surface area contributed by atoms with E-state index in [1.165, 1.54) is 0 Å². The van der Waals surface area contributed by atoms with Gasteiger partial charge in [0, 0.05) is 25.0 Å². The van der Waals surface area contributed by atoms with Gasteiger partial charge < -0.3 is 14.8 Å². The fourth-order valence-corrected chi connectivity index (χ4v) is 3.00. The molecule has 1 N–H and O–H groups in total. The van der Waals surface area contributed by atoms with Crippen molar-refractivity contribution in [2.45, 2.75) is 46.2 Å². The molecule has 23 heavy (non-hydrogen) atoms. The van der Waals surface area contributed by atoms with Gasteiger partial charge in [-0.15, -0.1) is 0 Å². The van der Waals surface area contributed by atoms with Gasteiger partial charge in [0.25, 0.3) is 0 Å². The summed E-state index contributed by atoms with van der Waals surface area (Å²) >= 11 is 0. The Hall–Kier alpha value is -2.30. The molecule has 5 heteroatoms. The molecule has 0 fully saturated rings. The number of fused-ring (bicyclic) bond motifs is 1. The van der Waals surface area contributed by atoms with E-state index in [0.29, 0.717) is 13.1 Å². The van der Waals surface area contributed by atoms with Crippen molar-refractivity contribution < 1.29 is 4.79 Å². The molecular weight excluding hydrogens is 288 g/mol. The lowest BCUT2D eigenvalue weighted by Gasteiger charge is -2.30. The molecule has 2 aromatic rings. The third kappa shape index (κ3) is 3.09. The van der Waals surface area contributed by atoms with Crippen LogP contribution < -0.4 is 5.32 Å². The Kier molecular flexibility index (Phi) is 3.88. The SMILES string of the molecule is Cc1cccc(C(C)(C)C)c1NC(=O)N1CCn2cncc2C1. The van der Waals surface area contributed by atoms with E-state index in [9.17, 15) is 4.79 Å². The summed E-state index contributed by atoms with van der Waals surface area (Å²) in [5, 5.41) is 3.14. The molecule has 0 unspecified atom stereocenters. The van der Waals surface area contributed by atoms with Gasteiger partial charge in [0.1, 0.15) is 0 Å². The number of amides is 2. The van der Waals surface area contributed by atoms with E-state index in [0.717, 1.165) is 29.1 Å². The zero-order valence-corrected chi connectivity index (χ0v) is 14.3. The molecule has 0 radical (unpaired) electrons. The Balaban J connectivity index is 1.82. The van der Waals surface area contributed by atoms with E-state index in [1.54, 1.807) is 0 Å². The molecule has 2 amide bonds. The van der Waals surface area contributed by atoms with Crippen molar-refractivity contribution in [1.82, 2.24) is 14.5 Å². The van der Waals surface area contributed by atoms with E-state index in [-0.39, 0.29) is 11.4 Å². The highest BCUT2D eigenvalue weighted by Gasteiger charge is 2.24. The number of urea groups is 1. The molecule has 1 aliphatic heterocycles. The highest BCUT2D eigenvalue weighted by atomic mass is 16.2. The largest absolute Gasteiger partial charge is 0.331 e. The predicted octanol–water partition coefficient (Wildman–Crippen LogP) is 3.54. The van der Waals surface area contributed by atoms with Gasteiger partial charge in [-0.05, 0) is 23.5 Å². The molecule has 3 rings (SSSR count). The summed E-state index contributed by atoms with van der Waals surface area (Å²) < 4.78 is 2.10. The highest BCUT2D eigenvalue weighted by Crippen LogP contribution is 2.32. The summed E-state index contributed by atoms with van der Waals surface area (Å²) in [6.07, 6.45) is 3.65. The quantitative estimate of drug-likeness (QED) is 0.875. The summed E-state index contributed by atoms with van der Waals surface area (Å²) in [6, 6.07) is 6.13. The zero-order chi connectivity index (χ0) is 16.6. The zero-order valence-electron chi connectivity index (χ0n) is 14.3. The first-order valence-corrected chi connectivity index (χ1v) is 8.01. The Bertz CT molecular complexity index is 727. The maximum Gasteiger partial charge on any atom is 0.322 e. The van der Waals surface area contributed by atoms with E-state index in [1.807, 2.05) is 36.5 Å². The number of nitrogens with one attached hydrogen (secondary N) is 1. The number of anilines is 1. The van der Waals surface area contributed by atoms with Crippen molar-refractivity contribution in [3.8, 4) is 0 Å². The lowest BCUT2D eigenvalue weighted by molar-refractivity contribution is 0.197. The fourth-order valence-electron chi connectivity index (χ4n) is 3.00. The molecule has 1 aromatic carbocycles. The Morgan fingerprint density at radius 1 is 1.26 bits per heavy atom. The predicted molar refractivity (Wildman–Crippen MR) is 91.5 cm³/mol. The Morgan fingerprint density at radius 3 is 2.78 bits per heavy atom. The minimum absolute atomic E-state index is 0.0187. The maximum absolute atomic E-state index is 12.7. The third-order valence-corrected chi connectivity index (χ3v) is 4.36. The number of hydrogen-bond acceptors (Lipinski definition) is 2. The molecule has 1 aromatic heterocycles. The van der Waals surface area contributed by atoms with Crippen molar-refractivity contribution in [3.05, 3.63) is 47.5 Å². The first-order valence-electron chi connectivity index (χ1n) is 8.01. The van der Waals surface area contributed by atoms with E-state index < -0.39 is 0 Å². The van der Waals surface area contributed by atoms with Crippen molar-refractivity contribution in [2.24, 2.45) is 0 Å². The molecule has 1 aliphatic rings. The molecule has 2 heterocycles. The molecular formula is C18H24N4O. The van der Waals surface area contributed by atoms with Gasteiger partial charge in [-0.3, -0.25) is 0 Å². The number of aromatic nitrogens is 2. The van der Waals surface area contributed by atoms with Gasteiger partial charge in [0.15, 0.2) is 0 Å². The highest BCUT2D eigenvalue weighted by molar-refractivity contribution is 5.91. The fraction of sp³-hybridized carbons (Fsp3) is 0.444. The average molecular weight is 312 g/mol. The molecule has 0 atom stereocenters. The number of carbonyl (C=O) groups excluding carboxylic acids is 1. The summed E-state index contributed by atoms with van der Waals surface area (Å²) in [5.74, 6) is 0. The number of rotatable bonds is 1. The van der Waals surface area contributed by atoms with Crippen molar-refractivity contribution in [1.29, 1.82) is 0 Å². The average Bonchev–Trinajstić information content (AvgIpc) is 2.95. The molecule has 5 nitrogen and oxygen atoms in total. The van der Waals surface area contributed by atoms with Crippen LogP contribution in [0.25, 0.3) is 0 Å². The second-order valence-electron chi connectivity index (χ2n) is 7.18. The molecule has 122 valence electrons. The minimum Gasteiger partial charge on any atom is -0.331 e. The van der Waals surface area contributed by atoms with Gasteiger partial charge in [-0.2, -0.15) is 0 Å². The second-order valence-corrected chi connectivity index (χ2v) is 7.18.